The molecule has 1 aromatic carbocycles. The topological polar surface area (TPSA) is 64.0 Å². The zero-order valence-electron chi connectivity index (χ0n) is 14.7. The van der Waals surface area contributed by atoms with Crippen LogP contribution in [0, 0.1) is 13.8 Å². The van der Waals surface area contributed by atoms with Gasteiger partial charge in [0.25, 0.3) is 0 Å². The van der Waals surface area contributed by atoms with Gasteiger partial charge in [-0.3, -0.25) is 14.3 Å². The van der Waals surface area contributed by atoms with E-state index in [0.29, 0.717) is 17.8 Å². The van der Waals surface area contributed by atoms with Crippen LogP contribution in [0.4, 0.5) is 0 Å². The predicted molar refractivity (Wildman–Crippen MR) is 97.1 cm³/mol. The van der Waals surface area contributed by atoms with Crippen LogP contribution in [-0.2, 0) is 16.8 Å². The number of nitrogens with zero attached hydrogens (tertiary/aromatic N) is 2. The van der Waals surface area contributed by atoms with Crippen LogP contribution in [0.5, 0.6) is 0 Å². The fraction of sp³-hybridized carbons (Fsp3) is 0.421. The van der Waals surface area contributed by atoms with Crippen molar-refractivity contribution >= 4 is 23.3 Å². The molecule has 0 saturated heterocycles. The number of aromatic nitrogens is 2. The van der Waals surface area contributed by atoms with Crippen LogP contribution >= 0.6 is 11.6 Å². The van der Waals surface area contributed by atoms with Gasteiger partial charge in [-0.05, 0) is 51.3 Å². The maximum atomic E-state index is 12.3. The first-order valence-corrected chi connectivity index (χ1v) is 8.78. The smallest absolute Gasteiger partial charge is 0.241 e. The quantitative estimate of drug-likeness (QED) is 0.805. The lowest BCUT2D eigenvalue weighted by molar-refractivity contribution is -0.122. The van der Waals surface area contributed by atoms with Crippen LogP contribution in [-0.4, -0.2) is 28.0 Å². The van der Waals surface area contributed by atoms with Gasteiger partial charge in [-0.1, -0.05) is 23.7 Å². The van der Waals surface area contributed by atoms with Crippen LogP contribution in [0.2, 0.25) is 5.02 Å². The first kappa shape index (κ1) is 17.7. The zero-order valence-corrected chi connectivity index (χ0v) is 15.5. The summed E-state index contributed by atoms with van der Waals surface area (Å²) in [7, 11) is 0. The van der Waals surface area contributed by atoms with Crippen molar-refractivity contribution in [3.8, 4) is 0 Å². The molecular weight excluding hydrogens is 338 g/mol. The molecule has 1 aliphatic carbocycles. The van der Waals surface area contributed by atoms with Gasteiger partial charge >= 0.3 is 0 Å². The van der Waals surface area contributed by atoms with Gasteiger partial charge in [0.1, 0.15) is 6.54 Å². The molecule has 1 amide bonds. The minimum atomic E-state index is -0.0964. The molecule has 0 unspecified atom stereocenters. The molecule has 0 bridgehead atoms. The van der Waals surface area contributed by atoms with Crippen molar-refractivity contribution in [2.24, 2.45) is 0 Å². The molecular formula is C19H22ClN3O2. The van der Waals surface area contributed by atoms with E-state index in [-0.39, 0.29) is 23.7 Å². The Morgan fingerprint density at radius 3 is 2.40 bits per heavy atom. The summed E-state index contributed by atoms with van der Waals surface area (Å²) in [5.74, 6) is -0.123. The molecule has 2 aromatic rings. The van der Waals surface area contributed by atoms with Crippen LogP contribution in [0.1, 0.15) is 47.1 Å². The number of rotatable bonds is 6. The van der Waals surface area contributed by atoms with E-state index in [1.807, 2.05) is 31.2 Å². The van der Waals surface area contributed by atoms with E-state index in [0.717, 1.165) is 23.6 Å². The number of halogens is 1. The summed E-state index contributed by atoms with van der Waals surface area (Å²) in [6, 6.07) is 7.83. The second-order valence-corrected chi connectivity index (χ2v) is 7.26. The van der Waals surface area contributed by atoms with Gasteiger partial charge in [0.15, 0.2) is 5.78 Å². The number of benzene rings is 1. The minimum Gasteiger partial charge on any atom is -0.354 e. The molecule has 132 valence electrons. The highest BCUT2D eigenvalue weighted by Gasteiger charge is 2.44. The van der Waals surface area contributed by atoms with Crippen molar-refractivity contribution in [1.29, 1.82) is 0 Å². The lowest BCUT2D eigenvalue weighted by Crippen LogP contribution is -2.35. The van der Waals surface area contributed by atoms with E-state index in [1.165, 1.54) is 12.5 Å². The summed E-state index contributed by atoms with van der Waals surface area (Å²) >= 11 is 5.95. The molecule has 0 spiro atoms. The molecule has 1 saturated carbocycles. The normalized spacial score (nSPS) is 15.0. The van der Waals surface area contributed by atoms with Gasteiger partial charge in [0, 0.05) is 22.7 Å². The summed E-state index contributed by atoms with van der Waals surface area (Å²) in [6.07, 6.45) is 2.12. The van der Waals surface area contributed by atoms with E-state index in [9.17, 15) is 9.59 Å². The van der Waals surface area contributed by atoms with Gasteiger partial charge in [0.05, 0.1) is 11.3 Å². The van der Waals surface area contributed by atoms with Crippen molar-refractivity contribution in [2.75, 3.05) is 6.54 Å². The lowest BCUT2D eigenvalue weighted by Gasteiger charge is -2.17. The Kier molecular flexibility index (Phi) is 4.69. The average Bonchev–Trinajstić information content (AvgIpc) is 3.28. The SMILES string of the molecule is CC(=O)c1c(C)nn(CC(=O)NCC2(c3ccc(Cl)cc3)CC2)c1C. The van der Waals surface area contributed by atoms with Gasteiger partial charge in [-0.25, -0.2) is 0 Å². The van der Waals surface area contributed by atoms with E-state index < -0.39 is 0 Å². The van der Waals surface area contributed by atoms with Crippen molar-refractivity contribution in [3.63, 3.8) is 0 Å². The maximum Gasteiger partial charge on any atom is 0.241 e. The standard InChI is InChI=1S/C19H22ClN3O2/c1-12-18(14(3)24)13(2)23(22-12)10-17(25)21-11-19(8-9-19)15-4-6-16(20)7-5-15/h4-7H,8-11H2,1-3H3,(H,21,25). The highest BCUT2D eigenvalue weighted by molar-refractivity contribution is 6.30. The molecule has 1 N–H and O–H groups in total. The molecule has 5 nitrogen and oxygen atoms in total. The highest BCUT2D eigenvalue weighted by atomic mass is 35.5. The summed E-state index contributed by atoms with van der Waals surface area (Å²) in [6.45, 7) is 5.85. The van der Waals surface area contributed by atoms with Crippen molar-refractivity contribution in [3.05, 3.63) is 51.8 Å². The second-order valence-electron chi connectivity index (χ2n) is 6.82. The van der Waals surface area contributed by atoms with Crippen LogP contribution < -0.4 is 5.32 Å². The minimum absolute atomic E-state index is 0.0265. The van der Waals surface area contributed by atoms with Gasteiger partial charge in [-0.2, -0.15) is 5.10 Å². The number of hydrogen-bond acceptors (Lipinski definition) is 3. The lowest BCUT2D eigenvalue weighted by atomic mass is 9.96. The Labute approximate surface area is 152 Å². The van der Waals surface area contributed by atoms with Crippen LogP contribution in [0.15, 0.2) is 24.3 Å². The first-order chi connectivity index (χ1) is 11.8. The van der Waals surface area contributed by atoms with Gasteiger partial charge in [0.2, 0.25) is 5.91 Å². The molecule has 1 aliphatic rings. The number of nitrogens with one attached hydrogen (secondary N) is 1. The Balaban J connectivity index is 1.63. The van der Waals surface area contributed by atoms with Gasteiger partial charge in [-0.15, -0.1) is 0 Å². The molecule has 3 rings (SSSR count). The number of hydrogen-bond donors (Lipinski definition) is 1. The summed E-state index contributed by atoms with van der Waals surface area (Å²) in [5, 5.41) is 8.05. The number of aryl methyl sites for hydroxylation is 1. The molecule has 0 atom stereocenters. The average molecular weight is 360 g/mol. The van der Waals surface area contributed by atoms with Crippen molar-refractivity contribution < 1.29 is 9.59 Å². The summed E-state index contributed by atoms with van der Waals surface area (Å²) in [4.78, 5) is 24.0. The van der Waals surface area contributed by atoms with E-state index >= 15 is 0 Å². The molecule has 0 radical (unpaired) electrons. The Bertz CT molecular complexity index is 820. The first-order valence-electron chi connectivity index (χ1n) is 8.40. The molecule has 1 heterocycles. The highest BCUT2D eigenvalue weighted by Crippen LogP contribution is 2.47. The number of Topliss-reactive ketones (excluding diaryl/α,β-unsaturated/α-hetero) is 1. The maximum absolute atomic E-state index is 12.3. The molecule has 6 heteroatoms. The number of carbonyl (C=O) groups excluding carboxylic acids is 2. The third-order valence-corrected chi connectivity index (χ3v) is 5.21. The fourth-order valence-corrected chi connectivity index (χ4v) is 3.47. The number of amides is 1. The third-order valence-electron chi connectivity index (χ3n) is 4.96. The third kappa shape index (κ3) is 3.61. The molecule has 0 aliphatic heterocycles. The Morgan fingerprint density at radius 1 is 1.24 bits per heavy atom. The molecule has 25 heavy (non-hydrogen) atoms. The summed E-state index contributed by atoms with van der Waals surface area (Å²) < 4.78 is 1.60. The summed E-state index contributed by atoms with van der Waals surface area (Å²) in [5.41, 5.74) is 3.24. The molecule has 1 aromatic heterocycles. The zero-order chi connectivity index (χ0) is 18.2. The van der Waals surface area contributed by atoms with Crippen LogP contribution in [0.3, 0.4) is 0 Å². The monoisotopic (exact) mass is 359 g/mol. The number of ketones is 1. The van der Waals surface area contributed by atoms with Gasteiger partial charge < -0.3 is 5.32 Å². The Hall–Kier alpha value is -2.14. The molecule has 1 fully saturated rings. The van der Waals surface area contributed by atoms with Crippen molar-refractivity contribution in [2.45, 2.75) is 45.6 Å². The Morgan fingerprint density at radius 2 is 1.88 bits per heavy atom. The predicted octanol–water partition coefficient (Wildman–Crippen LogP) is 3.20. The van der Waals surface area contributed by atoms with E-state index in [4.69, 9.17) is 11.6 Å². The fourth-order valence-electron chi connectivity index (χ4n) is 3.34. The van der Waals surface area contributed by atoms with E-state index in [2.05, 4.69) is 10.4 Å². The van der Waals surface area contributed by atoms with Crippen molar-refractivity contribution in [1.82, 2.24) is 15.1 Å². The largest absolute Gasteiger partial charge is 0.354 e. The van der Waals surface area contributed by atoms with Crippen LogP contribution in [0.25, 0.3) is 0 Å². The van der Waals surface area contributed by atoms with E-state index in [1.54, 1.807) is 11.6 Å². The second kappa shape index (κ2) is 6.64. The number of carbonyl (C=O) groups is 2.